The predicted octanol–water partition coefficient (Wildman–Crippen LogP) is 3.09. The Labute approximate surface area is 86.0 Å². The molecule has 1 saturated carbocycles. The molecule has 14 heavy (non-hydrogen) atoms. The first kappa shape index (κ1) is 11.3. The van der Waals surface area contributed by atoms with Crippen LogP contribution in [0.2, 0.25) is 0 Å². The summed E-state index contributed by atoms with van der Waals surface area (Å²) in [4.78, 5) is 10.5. The Balaban J connectivity index is 2.90. The van der Waals surface area contributed by atoms with Gasteiger partial charge < -0.3 is 5.11 Å². The number of carboxylic acid groups (broad SMARTS) is 1. The van der Waals surface area contributed by atoms with Gasteiger partial charge in [0.1, 0.15) is 0 Å². The maximum Gasteiger partial charge on any atom is 0.327 e. The molecule has 2 atom stereocenters. The van der Waals surface area contributed by atoms with Gasteiger partial charge in [-0.2, -0.15) is 0 Å². The molecule has 1 aliphatic rings. The standard InChI is InChI=1S/C12H20O2/c1-9-5-7-12(4,11(9,2)3)8-6-10(13)14/h6,8-9H,5,7H2,1-4H3,(H,13,14)/b8-6-/t9-,12+/m1/s1. The van der Waals surface area contributed by atoms with Crippen molar-refractivity contribution in [2.45, 2.75) is 40.5 Å². The van der Waals surface area contributed by atoms with Gasteiger partial charge in [0, 0.05) is 6.08 Å². The fraction of sp³-hybridized carbons (Fsp3) is 0.750. The van der Waals surface area contributed by atoms with Gasteiger partial charge >= 0.3 is 5.97 Å². The molecule has 1 aliphatic carbocycles. The van der Waals surface area contributed by atoms with Crippen LogP contribution >= 0.6 is 0 Å². The minimum absolute atomic E-state index is 0.0325. The van der Waals surface area contributed by atoms with E-state index in [1.807, 2.05) is 6.08 Å². The van der Waals surface area contributed by atoms with Crippen LogP contribution in [0.3, 0.4) is 0 Å². The minimum atomic E-state index is -0.846. The molecule has 1 fully saturated rings. The van der Waals surface area contributed by atoms with Gasteiger partial charge in [-0.25, -0.2) is 4.79 Å². The zero-order valence-electron chi connectivity index (χ0n) is 9.50. The summed E-state index contributed by atoms with van der Waals surface area (Å²) in [5.41, 5.74) is 0.226. The molecular weight excluding hydrogens is 176 g/mol. The highest BCUT2D eigenvalue weighted by atomic mass is 16.4. The molecule has 0 aliphatic heterocycles. The lowest BCUT2D eigenvalue weighted by Gasteiger charge is -2.38. The van der Waals surface area contributed by atoms with Crippen molar-refractivity contribution < 1.29 is 9.90 Å². The second-order valence-corrected chi connectivity index (χ2v) is 5.25. The van der Waals surface area contributed by atoms with Crippen molar-refractivity contribution in [2.75, 3.05) is 0 Å². The van der Waals surface area contributed by atoms with Gasteiger partial charge in [0.2, 0.25) is 0 Å². The molecule has 80 valence electrons. The van der Waals surface area contributed by atoms with Crippen molar-refractivity contribution in [3.8, 4) is 0 Å². The van der Waals surface area contributed by atoms with Crippen LogP contribution in [0.1, 0.15) is 40.5 Å². The number of rotatable bonds is 2. The predicted molar refractivity (Wildman–Crippen MR) is 57.1 cm³/mol. The van der Waals surface area contributed by atoms with E-state index in [1.165, 1.54) is 12.5 Å². The Bertz CT molecular complexity index is 265. The van der Waals surface area contributed by atoms with Crippen LogP contribution in [-0.4, -0.2) is 11.1 Å². The Kier molecular flexibility index (Phi) is 2.75. The molecule has 0 spiro atoms. The van der Waals surface area contributed by atoms with Crippen molar-refractivity contribution in [1.82, 2.24) is 0 Å². The second kappa shape index (κ2) is 3.41. The molecule has 0 unspecified atom stereocenters. The van der Waals surface area contributed by atoms with Gasteiger partial charge in [-0.15, -0.1) is 0 Å². The van der Waals surface area contributed by atoms with Crippen LogP contribution in [-0.2, 0) is 4.79 Å². The summed E-state index contributed by atoms with van der Waals surface area (Å²) in [6.07, 6.45) is 5.44. The first-order valence-corrected chi connectivity index (χ1v) is 5.22. The summed E-state index contributed by atoms with van der Waals surface area (Å²) < 4.78 is 0. The average molecular weight is 196 g/mol. The summed E-state index contributed by atoms with van der Waals surface area (Å²) in [5, 5.41) is 8.64. The molecule has 0 aromatic rings. The molecule has 0 aromatic heterocycles. The third-order valence-electron chi connectivity index (χ3n) is 4.39. The lowest BCUT2D eigenvalue weighted by atomic mass is 9.66. The summed E-state index contributed by atoms with van der Waals surface area (Å²) >= 11 is 0. The Hall–Kier alpha value is -0.790. The molecular formula is C12H20O2. The lowest BCUT2D eigenvalue weighted by Crippen LogP contribution is -2.31. The molecule has 2 heteroatoms. The summed E-state index contributed by atoms with van der Waals surface area (Å²) in [6, 6.07) is 0. The molecule has 0 radical (unpaired) electrons. The first-order valence-electron chi connectivity index (χ1n) is 5.22. The van der Waals surface area contributed by atoms with Crippen molar-refractivity contribution in [3.63, 3.8) is 0 Å². The Morgan fingerprint density at radius 3 is 2.36 bits per heavy atom. The summed E-state index contributed by atoms with van der Waals surface area (Å²) in [6.45, 7) is 8.88. The molecule has 1 rings (SSSR count). The molecule has 0 amide bonds. The summed E-state index contributed by atoms with van der Waals surface area (Å²) in [7, 11) is 0. The second-order valence-electron chi connectivity index (χ2n) is 5.25. The molecule has 0 aromatic carbocycles. The monoisotopic (exact) mass is 196 g/mol. The van der Waals surface area contributed by atoms with Crippen molar-refractivity contribution in [1.29, 1.82) is 0 Å². The largest absolute Gasteiger partial charge is 0.478 e. The number of hydrogen-bond donors (Lipinski definition) is 1. The Morgan fingerprint density at radius 2 is 2.00 bits per heavy atom. The van der Waals surface area contributed by atoms with E-state index in [2.05, 4.69) is 27.7 Å². The minimum Gasteiger partial charge on any atom is -0.478 e. The van der Waals surface area contributed by atoms with Gasteiger partial charge in [-0.3, -0.25) is 0 Å². The van der Waals surface area contributed by atoms with Gasteiger partial charge in [-0.05, 0) is 29.6 Å². The number of aliphatic carboxylic acids is 1. The first-order chi connectivity index (χ1) is 6.29. The molecule has 1 N–H and O–H groups in total. The smallest absolute Gasteiger partial charge is 0.327 e. The third-order valence-corrected chi connectivity index (χ3v) is 4.39. The van der Waals surface area contributed by atoms with Crippen LogP contribution in [0.15, 0.2) is 12.2 Å². The SMILES string of the molecule is C[C@@H]1CC[C@@](C)(/C=C\C(=O)O)C1(C)C. The highest BCUT2D eigenvalue weighted by molar-refractivity contribution is 5.79. The highest BCUT2D eigenvalue weighted by Gasteiger charge is 2.47. The lowest BCUT2D eigenvalue weighted by molar-refractivity contribution is -0.131. The van der Waals surface area contributed by atoms with E-state index in [0.717, 1.165) is 6.42 Å². The number of hydrogen-bond acceptors (Lipinski definition) is 1. The number of allylic oxidation sites excluding steroid dienone is 1. The zero-order chi connectivity index (χ0) is 11.0. The van der Waals surface area contributed by atoms with Gasteiger partial charge in [-0.1, -0.05) is 33.8 Å². The van der Waals surface area contributed by atoms with Gasteiger partial charge in [0.25, 0.3) is 0 Å². The fourth-order valence-electron chi connectivity index (χ4n) is 2.32. The van der Waals surface area contributed by atoms with Crippen molar-refractivity contribution >= 4 is 5.97 Å². The maximum absolute atomic E-state index is 10.5. The van der Waals surface area contributed by atoms with Crippen LogP contribution in [0.4, 0.5) is 0 Å². The van der Waals surface area contributed by atoms with Crippen molar-refractivity contribution in [3.05, 3.63) is 12.2 Å². The summed E-state index contributed by atoms with van der Waals surface area (Å²) in [5.74, 6) is -0.187. The van der Waals surface area contributed by atoms with Crippen molar-refractivity contribution in [2.24, 2.45) is 16.7 Å². The van der Waals surface area contributed by atoms with Gasteiger partial charge in [0.05, 0.1) is 0 Å². The quantitative estimate of drug-likeness (QED) is 0.689. The van der Waals surface area contributed by atoms with E-state index < -0.39 is 5.97 Å². The van der Waals surface area contributed by atoms with Crippen LogP contribution < -0.4 is 0 Å². The van der Waals surface area contributed by atoms with Crippen LogP contribution in [0, 0.1) is 16.7 Å². The molecule has 0 saturated heterocycles. The topological polar surface area (TPSA) is 37.3 Å². The van der Waals surface area contributed by atoms with Crippen LogP contribution in [0.25, 0.3) is 0 Å². The average Bonchev–Trinajstić information content (AvgIpc) is 2.27. The van der Waals surface area contributed by atoms with E-state index in [0.29, 0.717) is 5.92 Å². The zero-order valence-corrected chi connectivity index (χ0v) is 9.50. The third kappa shape index (κ3) is 1.70. The normalized spacial score (nSPS) is 36.4. The van der Waals surface area contributed by atoms with E-state index in [4.69, 9.17) is 5.11 Å². The van der Waals surface area contributed by atoms with E-state index in [-0.39, 0.29) is 10.8 Å². The number of carboxylic acids is 1. The van der Waals surface area contributed by atoms with E-state index in [1.54, 1.807) is 0 Å². The van der Waals surface area contributed by atoms with E-state index in [9.17, 15) is 4.79 Å². The van der Waals surface area contributed by atoms with E-state index >= 15 is 0 Å². The molecule has 2 nitrogen and oxygen atoms in total. The number of carbonyl (C=O) groups is 1. The maximum atomic E-state index is 10.5. The molecule has 0 heterocycles. The fourth-order valence-corrected chi connectivity index (χ4v) is 2.32. The Morgan fingerprint density at radius 1 is 1.43 bits per heavy atom. The van der Waals surface area contributed by atoms with Gasteiger partial charge in [0.15, 0.2) is 0 Å². The van der Waals surface area contributed by atoms with Crippen LogP contribution in [0.5, 0.6) is 0 Å². The molecule has 0 bridgehead atoms. The highest BCUT2D eigenvalue weighted by Crippen LogP contribution is 2.56.